The molecule has 0 saturated carbocycles. The average molecular weight is 282 g/mol. The lowest BCUT2D eigenvalue weighted by atomic mass is 9.90. The molecule has 1 aromatic carbocycles. The van der Waals surface area contributed by atoms with Gasteiger partial charge < -0.3 is 16.4 Å². The second kappa shape index (κ2) is 5.80. The molecular formula is C14H20ClN3O. The number of hydrogen-bond acceptors (Lipinski definition) is 3. The van der Waals surface area contributed by atoms with Gasteiger partial charge in [-0.3, -0.25) is 4.79 Å². The molecule has 1 saturated heterocycles. The van der Waals surface area contributed by atoms with Gasteiger partial charge in [0.2, 0.25) is 0 Å². The minimum absolute atomic E-state index is 0.220. The summed E-state index contributed by atoms with van der Waals surface area (Å²) in [4.78, 5) is 13.7. The number of halogens is 1. The van der Waals surface area contributed by atoms with Gasteiger partial charge in [0.1, 0.15) is 0 Å². The molecule has 4 N–H and O–H groups in total. The second-order valence-corrected chi connectivity index (χ2v) is 5.65. The Bertz CT molecular complexity index is 468. The summed E-state index contributed by atoms with van der Waals surface area (Å²) in [5.41, 5.74) is 12.7. The van der Waals surface area contributed by atoms with Crippen molar-refractivity contribution in [2.45, 2.75) is 25.8 Å². The number of nitrogens with two attached hydrogens (primary N) is 2. The monoisotopic (exact) mass is 281 g/mol. The zero-order valence-electron chi connectivity index (χ0n) is 11.1. The Morgan fingerprint density at radius 2 is 2.05 bits per heavy atom. The van der Waals surface area contributed by atoms with Gasteiger partial charge in [-0.2, -0.15) is 0 Å². The van der Waals surface area contributed by atoms with Crippen LogP contribution in [-0.2, 0) is 0 Å². The first-order valence-electron chi connectivity index (χ1n) is 6.59. The first kappa shape index (κ1) is 14.2. The van der Waals surface area contributed by atoms with Crippen LogP contribution in [0.1, 0.15) is 30.1 Å². The molecule has 1 aliphatic rings. The lowest BCUT2D eigenvalue weighted by Gasteiger charge is -2.36. The molecule has 5 heteroatoms. The molecule has 1 fully saturated rings. The van der Waals surface area contributed by atoms with E-state index < -0.39 is 5.91 Å². The van der Waals surface area contributed by atoms with Gasteiger partial charge in [0, 0.05) is 24.2 Å². The minimum Gasteiger partial charge on any atom is -0.371 e. The Hall–Kier alpha value is -1.26. The van der Waals surface area contributed by atoms with Gasteiger partial charge in [-0.1, -0.05) is 11.6 Å². The molecule has 1 aliphatic heterocycles. The summed E-state index contributed by atoms with van der Waals surface area (Å²) >= 11 is 6.02. The maximum atomic E-state index is 11.5. The minimum atomic E-state index is -0.416. The van der Waals surface area contributed by atoms with Crippen molar-refractivity contribution in [1.82, 2.24) is 0 Å². The Kier molecular flexibility index (Phi) is 4.32. The summed E-state index contributed by atoms with van der Waals surface area (Å²) in [6, 6.07) is 5.42. The van der Waals surface area contributed by atoms with Crippen LogP contribution in [-0.4, -0.2) is 25.0 Å². The Morgan fingerprint density at radius 1 is 1.42 bits per heavy atom. The van der Waals surface area contributed by atoms with E-state index in [2.05, 4.69) is 11.8 Å². The number of nitrogens with zero attached hydrogens (tertiary/aromatic N) is 1. The fourth-order valence-electron chi connectivity index (χ4n) is 2.64. The van der Waals surface area contributed by atoms with Gasteiger partial charge >= 0.3 is 0 Å². The molecule has 1 heterocycles. The van der Waals surface area contributed by atoms with Gasteiger partial charge in [0.25, 0.3) is 5.91 Å². The average Bonchev–Trinajstić information content (AvgIpc) is 2.38. The van der Waals surface area contributed by atoms with Gasteiger partial charge in [0.05, 0.1) is 11.3 Å². The summed E-state index contributed by atoms with van der Waals surface area (Å²) in [5.74, 6) is 0.133. The largest absolute Gasteiger partial charge is 0.371 e. The summed E-state index contributed by atoms with van der Waals surface area (Å²) < 4.78 is 0. The first-order chi connectivity index (χ1) is 8.99. The van der Waals surface area contributed by atoms with Crippen LogP contribution < -0.4 is 16.4 Å². The van der Waals surface area contributed by atoms with Gasteiger partial charge in [0.15, 0.2) is 0 Å². The standard InChI is InChI=1S/C14H20ClN3O/c1-9(16)10-4-6-18(7-5-10)13-8-11(15)2-3-12(13)14(17)19/h2-3,8-10H,4-7,16H2,1H3,(H2,17,19). The van der Waals surface area contributed by atoms with Crippen LogP contribution in [0.3, 0.4) is 0 Å². The first-order valence-corrected chi connectivity index (χ1v) is 6.96. The number of carbonyl (C=O) groups excluding carboxylic acids is 1. The number of amides is 1. The molecule has 0 radical (unpaired) electrons. The van der Waals surface area contributed by atoms with Crippen LogP contribution in [0.15, 0.2) is 18.2 Å². The highest BCUT2D eigenvalue weighted by Gasteiger charge is 2.24. The number of anilines is 1. The van der Waals surface area contributed by atoms with Gasteiger partial charge in [-0.25, -0.2) is 0 Å². The van der Waals surface area contributed by atoms with Crippen LogP contribution in [0.4, 0.5) is 5.69 Å². The zero-order chi connectivity index (χ0) is 14.0. The molecule has 1 unspecified atom stereocenters. The van der Waals surface area contributed by atoms with Crippen molar-refractivity contribution in [2.75, 3.05) is 18.0 Å². The topological polar surface area (TPSA) is 72.3 Å². The zero-order valence-corrected chi connectivity index (χ0v) is 11.9. The second-order valence-electron chi connectivity index (χ2n) is 5.21. The van der Waals surface area contributed by atoms with Crippen molar-refractivity contribution in [3.05, 3.63) is 28.8 Å². The summed E-state index contributed by atoms with van der Waals surface area (Å²) in [6.45, 7) is 3.81. The molecule has 4 nitrogen and oxygen atoms in total. The van der Waals surface area contributed by atoms with E-state index in [1.165, 1.54) is 0 Å². The van der Waals surface area contributed by atoms with Crippen molar-refractivity contribution >= 4 is 23.2 Å². The normalized spacial score (nSPS) is 18.4. The fraction of sp³-hybridized carbons (Fsp3) is 0.500. The SMILES string of the molecule is CC(N)C1CCN(c2cc(Cl)ccc2C(N)=O)CC1. The molecule has 0 aromatic heterocycles. The maximum Gasteiger partial charge on any atom is 0.250 e. The summed E-state index contributed by atoms with van der Waals surface area (Å²) in [6.07, 6.45) is 2.06. The van der Waals surface area contributed by atoms with E-state index in [4.69, 9.17) is 23.1 Å². The molecule has 0 spiro atoms. The summed E-state index contributed by atoms with van der Waals surface area (Å²) in [5, 5.41) is 0.620. The highest BCUT2D eigenvalue weighted by Crippen LogP contribution is 2.29. The maximum absolute atomic E-state index is 11.5. The van der Waals surface area contributed by atoms with Gasteiger partial charge in [-0.05, 0) is 43.9 Å². The molecule has 1 atom stereocenters. The number of benzene rings is 1. The van der Waals surface area contributed by atoms with Gasteiger partial charge in [-0.15, -0.1) is 0 Å². The third kappa shape index (κ3) is 3.19. The van der Waals surface area contributed by atoms with E-state index in [9.17, 15) is 4.79 Å². The predicted octanol–water partition coefficient (Wildman–Crippen LogP) is 2.00. The third-order valence-corrected chi connectivity index (χ3v) is 4.08. The van der Waals surface area contributed by atoms with Crippen LogP contribution in [0, 0.1) is 5.92 Å². The third-order valence-electron chi connectivity index (χ3n) is 3.85. The number of rotatable bonds is 3. The van der Waals surface area contributed by atoms with E-state index >= 15 is 0 Å². The summed E-state index contributed by atoms with van der Waals surface area (Å²) in [7, 11) is 0. The van der Waals surface area contributed by atoms with E-state index in [0.29, 0.717) is 16.5 Å². The van der Waals surface area contributed by atoms with Crippen molar-refractivity contribution in [1.29, 1.82) is 0 Å². The molecule has 104 valence electrons. The smallest absolute Gasteiger partial charge is 0.250 e. The van der Waals surface area contributed by atoms with Crippen molar-refractivity contribution in [3.8, 4) is 0 Å². The number of primary amides is 1. The lowest BCUT2D eigenvalue weighted by molar-refractivity contribution is 0.100. The highest BCUT2D eigenvalue weighted by atomic mass is 35.5. The molecule has 1 amide bonds. The van der Waals surface area contributed by atoms with Crippen LogP contribution in [0.5, 0.6) is 0 Å². The van der Waals surface area contributed by atoms with Crippen molar-refractivity contribution in [3.63, 3.8) is 0 Å². The molecule has 2 rings (SSSR count). The van der Waals surface area contributed by atoms with Crippen LogP contribution in [0.2, 0.25) is 5.02 Å². The van der Waals surface area contributed by atoms with E-state index in [-0.39, 0.29) is 6.04 Å². The Balaban J connectivity index is 2.19. The molecule has 0 bridgehead atoms. The Morgan fingerprint density at radius 3 is 2.58 bits per heavy atom. The number of piperidine rings is 1. The van der Waals surface area contributed by atoms with Crippen molar-refractivity contribution < 1.29 is 4.79 Å². The number of carbonyl (C=O) groups is 1. The molecule has 0 aliphatic carbocycles. The van der Waals surface area contributed by atoms with Crippen LogP contribution >= 0.6 is 11.6 Å². The predicted molar refractivity (Wildman–Crippen MR) is 78.6 cm³/mol. The highest BCUT2D eigenvalue weighted by molar-refractivity contribution is 6.31. The van der Waals surface area contributed by atoms with E-state index in [1.54, 1.807) is 12.1 Å². The van der Waals surface area contributed by atoms with Crippen LogP contribution in [0.25, 0.3) is 0 Å². The molecular weight excluding hydrogens is 262 g/mol. The fourth-order valence-corrected chi connectivity index (χ4v) is 2.81. The number of hydrogen-bond donors (Lipinski definition) is 2. The van der Waals surface area contributed by atoms with E-state index in [1.807, 2.05) is 6.07 Å². The quantitative estimate of drug-likeness (QED) is 0.890. The van der Waals surface area contributed by atoms with Crippen molar-refractivity contribution in [2.24, 2.45) is 17.4 Å². The van der Waals surface area contributed by atoms with E-state index in [0.717, 1.165) is 31.6 Å². The lowest BCUT2D eigenvalue weighted by Crippen LogP contribution is -2.40. The molecule has 1 aromatic rings. The Labute approximate surface area is 118 Å². The molecule has 19 heavy (non-hydrogen) atoms.